The Bertz CT molecular complexity index is 1150. The molecule has 0 saturated carbocycles. The second-order valence-electron chi connectivity index (χ2n) is 7.76. The molecule has 1 aliphatic rings. The lowest BCUT2D eigenvalue weighted by atomic mass is 10.0. The number of amides is 2. The minimum Gasteiger partial charge on any atom is -0.496 e. The van der Waals surface area contributed by atoms with Crippen LogP contribution < -0.4 is 4.74 Å². The highest BCUT2D eigenvalue weighted by atomic mass is 35.5. The van der Waals surface area contributed by atoms with Crippen molar-refractivity contribution in [3.8, 4) is 5.75 Å². The monoisotopic (exact) mass is 460 g/mol. The number of hydrogen-bond donors (Lipinski definition) is 0. The van der Waals surface area contributed by atoms with Gasteiger partial charge in [0.05, 0.1) is 7.11 Å². The topological polar surface area (TPSA) is 49.9 Å². The van der Waals surface area contributed by atoms with Crippen LogP contribution in [0.1, 0.15) is 21.5 Å². The first-order chi connectivity index (χ1) is 16.1. The first-order valence-electron chi connectivity index (χ1n) is 10.8. The third kappa shape index (κ3) is 5.26. The Balaban J connectivity index is 1.54. The summed E-state index contributed by atoms with van der Waals surface area (Å²) < 4.78 is 5.48. The number of ether oxygens (including phenoxy) is 1. The van der Waals surface area contributed by atoms with Gasteiger partial charge in [-0.05, 0) is 42.0 Å². The number of rotatable bonds is 5. The van der Waals surface area contributed by atoms with Crippen molar-refractivity contribution in [3.05, 3.63) is 101 Å². The zero-order valence-electron chi connectivity index (χ0n) is 18.4. The smallest absolute Gasteiger partial charge is 0.254 e. The van der Waals surface area contributed by atoms with E-state index in [4.69, 9.17) is 16.3 Å². The van der Waals surface area contributed by atoms with Gasteiger partial charge in [0.2, 0.25) is 0 Å². The summed E-state index contributed by atoms with van der Waals surface area (Å²) in [5.41, 5.74) is 2.87. The van der Waals surface area contributed by atoms with E-state index in [9.17, 15) is 9.59 Å². The lowest BCUT2D eigenvalue weighted by molar-refractivity contribution is -0.126. The molecule has 3 aromatic carbocycles. The molecule has 1 saturated heterocycles. The summed E-state index contributed by atoms with van der Waals surface area (Å²) in [7, 11) is 1.62. The lowest BCUT2D eigenvalue weighted by Crippen LogP contribution is -2.50. The first-order valence-corrected chi connectivity index (χ1v) is 11.2. The minimum atomic E-state index is -0.0642. The highest BCUT2D eigenvalue weighted by Crippen LogP contribution is 2.26. The van der Waals surface area contributed by atoms with E-state index in [1.165, 1.54) is 0 Å². The number of piperazine rings is 1. The Hall–Kier alpha value is -3.57. The molecule has 4 rings (SSSR count). The van der Waals surface area contributed by atoms with Crippen LogP contribution in [0.3, 0.4) is 0 Å². The molecule has 168 valence electrons. The molecule has 0 bridgehead atoms. The number of halogens is 1. The Labute approximate surface area is 198 Å². The van der Waals surface area contributed by atoms with Crippen molar-refractivity contribution in [1.82, 2.24) is 9.80 Å². The van der Waals surface area contributed by atoms with Crippen LogP contribution in [0.5, 0.6) is 5.75 Å². The van der Waals surface area contributed by atoms with Gasteiger partial charge >= 0.3 is 0 Å². The Morgan fingerprint density at radius 3 is 2.06 bits per heavy atom. The second-order valence-corrected chi connectivity index (χ2v) is 8.19. The van der Waals surface area contributed by atoms with E-state index in [2.05, 4.69) is 0 Å². The molecule has 5 nitrogen and oxygen atoms in total. The predicted octanol–water partition coefficient (Wildman–Crippen LogP) is 4.87. The van der Waals surface area contributed by atoms with Crippen LogP contribution in [-0.4, -0.2) is 54.9 Å². The molecule has 33 heavy (non-hydrogen) atoms. The largest absolute Gasteiger partial charge is 0.496 e. The number of carbonyl (C=O) groups excluding carboxylic acids is 2. The molecule has 0 spiro atoms. The normalized spacial score (nSPS) is 14.2. The van der Waals surface area contributed by atoms with E-state index in [0.29, 0.717) is 48.1 Å². The van der Waals surface area contributed by atoms with Crippen molar-refractivity contribution in [3.63, 3.8) is 0 Å². The quantitative estimate of drug-likeness (QED) is 0.403. The Kier molecular flexibility index (Phi) is 7.10. The second kappa shape index (κ2) is 10.4. The molecule has 1 fully saturated rings. The summed E-state index contributed by atoms with van der Waals surface area (Å²) in [6, 6.07) is 24.1. The van der Waals surface area contributed by atoms with E-state index >= 15 is 0 Å². The van der Waals surface area contributed by atoms with E-state index in [-0.39, 0.29) is 11.8 Å². The van der Waals surface area contributed by atoms with Crippen LogP contribution >= 0.6 is 11.6 Å². The average molecular weight is 461 g/mol. The van der Waals surface area contributed by atoms with Gasteiger partial charge in [-0.2, -0.15) is 0 Å². The SMILES string of the molecule is COc1ccccc1/C=C(/C(=O)N1CCN(C(=O)c2ccc(Cl)cc2)CC1)c1ccccc1. The lowest BCUT2D eigenvalue weighted by Gasteiger charge is -2.35. The molecule has 3 aromatic rings. The molecule has 6 heteroatoms. The van der Waals surface area contributed by atoms with Crippen LogP contribution in [0.4, 0.5) is 0 Å². The molecule has 0 radical (unpaired) electrons. The maximum atomic E-state index is 13.6. The van der Waals surface area contributed by atoms with Gasteiger partial charge in [-0.15, -0.1) is 0 Å². The van der Waals surface area contributed by atoms with Crippen molar-refractivity contribution in [1.29, 1.82) is 0 Å². The van der Waals surface area contributed by atoms with Crippen molar-refractivity contribution in [2.75, 3.05) is 33.3 Å². The molecule has 1 aliphatic heterocycles. The molecular formula is C27H25ClN2O3. The summed E-state index contributed by atoms with van der Waals surface area (Å²) in [6.45, 7) is 1.89. The summed E-state index contributed by atoms with van der Waals surface area (Å²) in [6.07, 6.45) is 1.88. The summed E-state index contributed by atoms with van der Waals surface area (Å²) in [5, 5.41) is 0.595. The molecule has 2 amide bonds. The molecule has 0 aliphatic carbocycles. The van der Waals surface area contributed by atoms with Gasteiger partial charge in [0.25, 0.3) is 11.8 Å². The van der Waals surface area contributed by atoms with Crippen molar-refractivity contribution in [2.45, 2.75) is 0 Å². The number of carbonyl (C=O) groups is 2. The molecule has 0 aromatic heterocycles. The average Bonchev–Trinajstić information content (AvgIpc) is 2.88. The van der Waals surface area contributed by atoms with Crippen LogP contribution in [0.25, 0.3) is 11.6 Å². The van der Waals surface area contributed by atoms with E-state index in [1.54, 1.807) is 41.2 Å². The summed E-state index contributed by atoms with van der Waals surface area (Å²) in [5.74, 6) is 0.592. The number of hydrogen-bond acceptors (Lipinski definition) is 3. The van der Waals surface area contributed by atoms with E-state index < -0.39 is 0 Å². The number of methoxy groups -OCH3 is 1. The summed E-state index contributed by atoms with van der Waals surface area (Å²) in [4.78, 5) is 30.0. The molecule has 0 atom stereocenters. The highest BCUT2D eigenvalue weighted by Gasteiger charge is 2.27. The van der Waals surface area contributed by atoms with Crippen LogP contribution in [-0.2, 0) is 4.79 Å². The fourth-order valence-electron chi connectivity index (χ4n) is 3.89. The summed E-state index contributed by atoms with van der Waals surface area (Å²) >= 11 is 5.93. The zero-order valence-corrected chi connectivity index (χ0v) is 19.2. The fraction of sp³-hybridized carbons (Fsp3) is 0.185. The standard InChI is InChI=1S/C27H25ClN2O3/c1-33-25-10-6-5-9-22(25)19-24(20-7-3-2-4-8-20)27(32)30-17-15-29(16-18-30)26(31)21-11-13-23(28)14-12-21/h2-14,19H,15-18H2,1H3/b24-19+. The van der Waals surface area contributed by atoms with Crippen LogP contribution in [0, 0.1) is 0 Å². The molecule has 0 N–H and O–H groups in total. The third-order valence-electron chi connectivity index (χ3n) is 5.70. The van der Waals surface area contributed by atoms with Gasteiger partial charge in [-0.25, -0.2) is 0 Å². The van der Waals surface area contributed by atoms with Gasteiger partial charge in [-0.3, -0.25) is 9.59 Å². The van der Waals surface area contributed by atoms with E-state index in [1.807, 2.05) is 60.7 Å². The van der Waals surface area contributed by atoms with Gasteiger partial charge in [0.15, 0.2) is 0 Å². The predicted molar refractivity (Wildman–Crippen MR) is 131 cm³/mol. The maximum absolute atomic E-state index is 13.6. The molecule has 0 unspecified atom stereocenters. The third-order valence-corrected chi connectivity index (χ3v) is 5.95. The first kappa shape index (κ1) is 22.6. The molecule has 1 heterocycles. The highest BCUT2D eigenvalue weighted by molar-refractivity contribution is 6.30. The van der Waals surface area contributed by atoms with Crippen molar-refractivity contribution >= 4 is 35.1 Å². The number of nitrogens with zero attached hydrogens (tertiary/aromatic N) is 2. The number of para-hydroxylation sites is 1. The van der Waals surface area contributed by atoms with Gasteiger partial charge in [0, 0.05) is 47.9 Å². The van der Waals surface area contributed by atoms with Gasteiger partial charge in [-0.1, -0.05) is 60.1 Å². The zero-order chi connectivity index (χ0) is 23.2. The van der Waals surface area contributed by atoms with Crippen molar-refractivity contribution in [2.24, 2.45) is 0 Å². The Morgan fingerprint density at radius 2 is 1.39 bits per heavy atom. The van der Waals surface area contributed by atoms with Crippen LogP contribution in [0.15, 0.2) is 78.9 Å². The molecular weight excluding hydrogens is 436 g/mol. The Morgan fingerprint density at radius 1 is 0.788 bits per heavy atom. The van der Waals surface area contributed by atoms with Crippen LogP contribution in [0.2, 0.25) is 5.02 Å². The number of benzene rings is 3. The van der Waals surface area contributed by atoms with E-state index in [0.717, 1.165) is 11.1 Å². The maximum Gasteiger partial charge on any atom is 0.254 e. The van der Waals surface area contributed by atoms with Gasteiger partial charge < -0.3 is 14.5 Å². The minimum absolute atomic E-state index is 0.0494. The fourth-order valence-corrected chi connectivity index (χ4v) is 4.01. The van der Waals surface area contributed by atoms with Gasteiger partial charge in [0.1, 0.15) is 5.75 Å². The van der Waals surface area contributed by atoms with Crippen molar-refractivity contribution < 1.29 is 14.3 Å².